The monoisotopic (exact) mass is 359 g/mol. The van der Waals surface area contributed by atoms with Gasteiger partial charge in [0, 0.05) is 11.8 Å². The van der Waals surface area contributed by atoms with Crippen LogP contribution in [0.2, 0.25) is 0 Å². The van der Waals surface area contributed by atoms with Crippen LogP contribution < -0.4 is 5.32 Å². The van der Waals surface area contributed by atoms with E-state index in [1.807, 2.05) is 0 Å². The molecule has 2 aromatic heterocycles. The number of nitrogens with one attached hydrogen (secondary N) is 1. The summed E-state index contributed by atoms with van der Waals surface area (Å²) in [6, 6.07) is 4.10. The van der Waals surface area contributed by atoms with Crippen LogP contribution in [0.5, 0.6) is 5.75 Å². The fourth-order valence-electron chi connectivity index (χ4n) is 2.38. The Morgan fingerprint density at radius 2 is 2.04 bits per heavy atom. The van der Waals surface area contributed by atoms with Gasteiger partial charge < -0.3 is 20.3 Å². The summed E-state index contributed by atoms with van der Waals surface area (Å²) in [5.74, 6) is -1.59. The fraction of sp³-hybridized carbons (Fsp3) is 0.125. The molecule has 2 heterocycles. The molecule has 8 nitrogen and oxygen atoms in total. The average Bonchev–Trinajstić information content (AvgIpc) is 2.92. The maximum atomic E-state index is 11.9. The van der Waals surface area contributed by atoms with Crippen molar-refractivity contribution in [1.29, 1.82) is 0 Å². The highest BCUT2D eigenvalue weighted by Crippen LogP contribution is 2.35. The number of aromatic carboxylic acids is 1. The summed E-state index contributed by atoms with van der Waals surface area (Å²) in [6.07, 6.45) is 1.35. The van der Waals surface area contributed by atoms with Gasteiger partial charge in [-0.1, -0.05) is 0 Å². The Hall–Kier alpha value is -3.20. The number of aryl methyl sites for hydroxylation is 1. The molecule has 1 aromatic carbocycles. The predicted molar refractivity (Wildman–Crippen MR) is 91.8 cm³/mol. The van der Waals surface area contributed by atoms with E-state index in [0.717, 1.165) is 0 Å². The summed E-state index contributed by atoms with van der Waals surface area (Å²) >= 11 is 1.20. The molecule has 9 heteroatoms. The first-order chi connectivity index (χ1) is 11.9. The average molecular weight is 359 g/mol. The third kappa shape index (κ3) is 2.96. The van der Waals surface area contributed by atoms with E-state index < -0.39 is 11.9 Å². The smallest absolute Gasteiger partial charge is 0.348 e. The molecule has 0 radical (unpaired) electrons. The zero-order valence-electron chi connectivity index (χ0n) is 13.2. The molecule has 0 aliphatic rings. The zero-order chi connectivity index (χ0) is 18.1. The Bertz CT molecular complexity index is 999. The van der Waals surface area contributed by atoms with E-state index in [2.05, 4.69) is 15.3 Å². The number of esters is 1. The number of carboxylic acids is 1. The molecule has 128 valence electrons. The molecule has 0 amide bonds. The number of benzene rings is 1. The number of carbonyl (C=O) groups is 2. The summed E-state index contributed by atoms with van der Waals surface area (Å²) in [5.41, 5.74) is 0.937. The van der Waals surface area contributed by atoms with Gasteiger partial charge in [0.25, 0.3) is 0 Å². The Morgan fingerprint density at radius 3 is 2.68 bits per heavy atom. The first-order valence-electron chi connectivity index (χ1n) is 7.08. The normalized spacial score (nSPS) is 10.6. The third-order valence-electron chi connectivity index (χ3n) is 3.59. The first kappa shape index (κ1) is 16.7. The minimum atomic E-state index is -1.22. The molecule has 0 unspecified atom stereocenters. The number of hydrogen-bond donors (Lipinski definition) is 3. The molecular formula is C16H13N3O5S. The number of aromatic hydroxyl groups is 1. The molecule has 3 rings (SSSR count). The molecule has 0 aliphatic carbocycles. The van der Waals surface area contributed by atoms with Crippen molar-refractivity contribution < 1.29 is 24.5 Å². The van der Waals surface area contributed by atoms with Crippen LogP contribution in [0.15, 0.2) is 24.5 Å². The topological polar surface area (TPSA) is 122 Å². The summed E-state index contributed by atoms with van der Waals surface area (Å²) in [4.78, 5) is 32.2. The molecule has 25 heavy (non-hydrogen) atoms. The quantitative estimate of drug-likeness (QED) is 0.608. The minimum absolute atomic E-state index is 0.196. The lowest BCUT2D eigenvalue weighted by atomic mass is 10.1. The summed E-state index contributed by atoms with van der Waals surface area (Å²) in [6.45, 7) is 1.77. The minimum Gasteiger partial charge on any atom is -0.507 e. The Balaban J connectivity index is 2.05. The molecule has 0 saturated heterocycles. The van der Waals surface area contributed by atoms with Crippen LogP contribution in [-0.2, 0) is 4.74 Å². The lowest BCUT2D eigenvalue weighted by Gasteiger charge is -2.09. The van der Waals surface area contributed by atoms with E-state index in [-0.39, 0.29) is 11.3 Å². The second-order valence-corrected chi connectivity index (χ2v) is 6.11. The van der Waals surface area contributed by atoms with Crippen molar-refractivity contribution in [3.05, 3.63) is 40.5 Å². The van der Waals surface area contributed by atoms with Gasteiger partial charge in [0.05, 0.1) is 12.5 Å². The van der Waals surface area contributed by atoms with Crippen molar-refractivity contribution in [2.24, 2.45) is 0 Å². The number of aromatic nitrogens is 2. The zero-order valence-corrected chi connectivity index (χ0v) is 14.0. The van der Waals surface area contributed by atoms with E-state index in [1.165, 1.54) is 43.0 Å². The molecule has 3 N–H and O–H groups in total. The number of ether oxygens (including phenoxy) is 1. The van der Waals surface area contributed by atoms with Crippen molar-refractivity contribution in [3.8, 4) is 5.75 Å². The molecule has 0 saturated carbocycles. The molecule has 0 atom stereocenters. The van der Waals surface area contributed by atoms with E-state index in [9.17, 15) is 14.7 Å². The highest BCUT2D eigenvalue weighted by Gasteiger charge is 2.20. The van der Waals surface area contributed by atoms with Gasteiger partial charge in [0.15, 0.2) is 0 Å². The van der Waals surface area contributed by atoms with Crippen LogP contribution in [-0.4, -0.2) is 39.2 Å². The first-order valence-corrected chi connectivity index (χ1v) is 7.89. The highest BCUT2D eigenvalue weighted by atomic mass is 32.1. The van der Waals surface area contributed by atoms with Crippen molar-refractivity contribution in [3.63, 3.8) is 0 Å². The van der Waals surface area contributed by atoms with Gasteiger partial charge in [-0.25, -0.2) is 19.6 Å². The van der Waals surface area contributed by atoms with Crippen LogP contribution in [0.4, 0.5) is 11.5 Å². The number of fused-ring (bicyclic) bond motifs is 1. The van der Waals surface area contributed by atoms with Crippen molar-refractivity contribution in [2.75, 3.05) is 12.4 Å². The lowest BCUT2D eigenvalue weighted by molar-refractivity contribution is 0.0604. The molecular weight excluding hydrogens is 346 g/mol. The largest absolute Gasteiger partial charge is 0.507 e. The Kier molecular flexibility index (Phi) is 4.24. The van der Waals surface area contributed by atoms with Gasteiger partial charge in [-0.05, 0) is 24.6 Å². The van der Waals surface area contributed by atoms with Crippen LogP contribution in [0.1, 0.15) is 25.6 Å². The summed E-state index contributed by atoms with van der Waals surface area (Å²) < 4.78 is 4.77. The number of carboxylic acid groups (broad SMARTS) is 1. The number of thiophene rings is 1. The van der Waals surface area contributed by atoms with Gasteiger partial charge in [-0.2, -0.15) is 0 Å². The summed E-state index contributed by atoms with van der Waals surface area (Å²) in [7, 11) is 1.31. The number of rotatable bonds is 4. The second-order valence-electron chi connectivity index (χ2n) is 5.11. The van der Waals surface area contributed by atoms with E-state index in [0.29, 0.717) is 32.2 Å². The van der Waals surface area contributed by atoms with Crippen molar-refractivity contribution >= 4 is 45.0 Å². The van der Waals surface area contributed by atoms with Gasteiger partial charge in [0.2, 0.25) is 0 Å². The molecule has 0 fully saturated rings. The highest BCUT2D eigenvalue weighted by molar-refractivity contribution is 7.20. The Labute approximate surface area is 145 Å². The maximum absolute atomic E-state index is 11.9. The van der Waals surface area contributed by atoms with Crippen molar-refractivity contribution in [2.45, 2.75) is 6.92 Å². The van der Waals surface area contributed by atoms with E-state index >= 15 is 0 Å². The lowest BCUT2D eigenvalue weighted by Crippen LogP contribution is -2.01. The number of hydrogen-bond acceptors (Lipinski definition) is 8. The van der Waals surface area contributed by atoms with Gasteiger partial charge in [0.1, 0.15) is 33.2 Å². The summed E-state index contributed by atoms with van der Waals surface area (Å²) in [5, 5.41) is 22.4. The number of nitrogens with zero attached hydrogens (tertiary/aromatic N) is 2. The number of methoxy groups -OCH3 is 1. The molecule has 0 bridgehead atoms. The Morgan fingerprint density at radius 1 is 1.28 bits per heavy atom. The number of phenols is 1. The predicted octanol–water partition coefficient (Wildman–Crippen LogP) is 2.93. The van der Waals surface area contributed by atoms with E-state index in [4.69, 9.17) is 9.84 Å². The second kappa shape index (κ2) is 6.36. The van der Waals surface area contributed by atoms with Gasteiger partial charge >= 0.3 is 11.9 Å². The number of carbonyl (C=O) groups excluding carboxylic acids is 1. The van der Waals surface area contributed by atoms with Crippen LogP contribution in [0.3, 0.4) is 0 Å². The molecule has 0 aliphatic heterocycles. The maximum Gasteiger partial charge on any atom is 0.348 e. The van der Waals surface area contributed by atoms with Gasteiger partial charge in [-0.3, -0.25) is 0 Å². The SMILES string of the molecule is COC(=O)c1sc2ncnc(Nc3ccc(C(=O)O)c(O)c3)c2c1C. The van der Waals surface area contributed by atoms with Gasteiger partial charge in [-0.15, -0.1) is 11.3 Å². The fourth-order valence-corrected chi connectivity index (χ4v) is 3.45. The van der Waals surface area contributed by atoms with Crippen molar-refractivity contribution in [1.82, 2.24) is 9.97 Å². The van der Waals surface area contributed by atoms with Crippen LogP contribution in [0.25, 0.3) is 10.2 Å². The standard InChI is InChI=1S/C16H13N3O5S/c1-7-11-13(17-6-18-14(11)25-12(7)16(23)24-2)19-8-3-4-9(15(21)22)10(20)5-8/h3-6,20H,1-2H3,(H,21,22)(H,17,18,19). The van der Waals surface area contributed by atoms with E-state index in [1.54, 1.807) is 6.92 Å². The number of anilines is 2. The molecule has 3 aromatic rings. The van der Waals surface area contributed by atoms with Crippen LogP contribution >= 0.6 is 11.3 Å². The third-order valence-corrected chi connectivity index (χ3v) is 4.77. The molecule has 0 spiro atoms. The van der Waals surface area contributed by atoms with Crippen LogP contribution in [0, 0.1) is 6.92 Å².